The lowest BCUT2D eigenvalue weighted by atomic mass is 10.1. The highest BCUT2D eigenvalue weighted by Gasteiger charge is 2.34. The van der Waals surface area contributed by atoms with Gasteiger partial charge in [0.2, 0.25) is 0 Å². The zero-order valence-electron chi connectivity index (χ0n) is 14.1. The minimum Gasteiger partial charge on any atom is -0.467 e. The molecular weight excluding hydrogens is 306 g/mol. The molecule has 0 saturated carbocycles. The van der Waals surface area contributed by atoms with Crippen molar-refractivity contribution in [2.75, 3.05) is 7.11 Å². The zero-order chi connectivity index (χ0) is 17.3. The van der Waals surface area contributed by atoms with E-state index in [1.165, 1.54) is 7.11 Å². The highest BCUT2D eigenvalue weighted by Crippen LogP contribution is 2.28. The van der Waals surface area contributed by atoms with E-state index >= 15 is 0 Å². The normalized spacial score (nSPS) is 13.5. The van der Waals surface area contributed by atoms with Gasteiger partial charge in [0.15, 0.2) is 5.69 Å². The maximum absolute atomic E-state index is 12.7. The number of hydrogen-bond donors (Lipinski definition) is 1. The molecule has 1 aliphatic rings. The minimum atomic E-state index is -1.10. The molecule has 1 aliphatic carbocycles. The van der Waals surface area contributed by atoms with E-state index in [1.807, 2.05) is 35.0 Å². The van der Waals surface area contributed by atoms with Crippen molar-refractivity contribution in [2.24, 2.45) is 0 Å². The van der Waals surface area contributed by atoms with E-state index in [-0.39, 0.29) is 5.91 Å². The lowest BCUT2D eigenvalue weighted by Gasteiger charge is -2.22. The predicted molar refractivity (Wildman–Crippen MR) is 89.2 cm³/mol. The number of aromatic nitrogens is 2. The quantitative estimate of drug-likeness (QED) is 0.872. The van der Waals surface area contributed by atoms with E-state index in [9.17, 15) is 9.59 Å². The van der Waals surface area contributed by atoms with Crippen molar-refractivity contribution in [3.05, 3.63) is 47.3 Å². The van der Waals surface area contributed by atoms with E-state index in [2.05, 4.69) is 10.4 Å². The smallest absolute Gasteiger partial charge is 0.330 e. The van der Waals surface area contributed by atoms with Crippen molar-refractivity contribution < 1.29 is 14.3 Å². The van der Waals surface area contributed by atoms with Gasteiger partial charge < -0.3 is 10.1 Å². The van der Waals surface area contributed by atoms with E-state index in [0.717, 1.165) is 36.2 Å². The Morgan fingerprint density at radius 3 is 2.58 bits per heavy atom. The van der Waals surface area contributed by atoms with E-state index < -0.39 is 11.5 Å². The number of benzene rings is 1. The van der Waals surface area contributed by atoms with Gasteiger partial charge in [-0.2, -0.15) is 5.10 Å². The first kappa shape index (κ1) is 16.2. The Morgan fingerprint density at radius 1 is 1.21 bits per heavy atom. The van der Waals surface area contributed by atoms with E-state index in [4.69, 9.17) is 4.74 Å². The minimum absolute atomic E-state index is 0.349. The summed E-state index contributed by atoms with van der Waals surface area (Å²) in [5.74, 6) is -0.840. The number of amides is 1. The molecule has 3 rings (SSSR count). The van der Waals surface area contributed by atoms with Crippen LogP contribution in [0.4, 0.5) is 0 Å². The van der Waals surface area contributed by atoms with Crippen LogP contribution in [0, 0.1) is 0 Å². The summed E-state index contributed by atoms with van der Waals surface area (Å²) in [7, 11) is 1.30. The van der Waals surface area contributed by atoms with Gasteiger partial charge >= 0.3 is 5.97 Å². The van der Waals surface area contributed by atoms with Gasteiger partial charge in [-0.25, -0.2) is 9.48 Å². The number of nitrogens with one attached hydrogen (secondary N) is 1. The SMILES string of the molecule is COC(=O)C(C)(C)NC(=O)c1nn(-c2ccccc2)c2c1CCC2. The molecule has 1 aromatic carbocycles. The molecule has 126 valence electrons. The number of rotatable bonds is 4. The molecular formula is C18H21N3O3. The summed E-state index contributed by atoms with van der Waals surface area (Å²) in [5.41, 5.74) is 2.26. The van der Waals surface area contributed by atoms with Crippen LogP contribution in [0.25, 0.3) is 5.69 Å². The summed E-state index contributed by atoms with van der Waals surface area (Å²) in [6, 6.07) is 9.76. The summed E-state index contributed by atoms with van der Waals surface area (Å²) in [5, 5.41) is 7.25. The molecule has 0 radical (unpaired) electrons. The third-order valence-electron chi connectivity index (χ3n) is 4.27. The maximum atomic E-state index is 12.7. The Morgan fingerprint density at radius 2 is 1.92 bits per heavy atom. The van der Waals surface area contributed by atoms with Crippen molar-refractivity contribution in [3.8, 4) is 5.69 Å². The fraction of sp³-hybridized carbons (Fsp3) is 0.389. The molecule has 1 N–H and O–H groups in total. The Hall–Kier alpha value is -2.63. The fourth-order valence-corrected chi connectivity index (χ4v) is 3.05. The second-order valence-electron chi connectivity index (χ2n) is 6.45. The average Bonchev–Trinajstić information content (AvgIpc) is 3.16. The summed E-state index contributed by atoms with van der Waals surface area (Å²) < 4.78 is 6.58. The number of fused-ring (bicyclic) bond motifs is 1. The van der Waals surface area contributed by atoms with Gasteiger partial charge in [-0.05, 0) is 45.2 Å². The highest BCUT2D eigenvalue weighted by atomic mass is 16.5. The largest absolute Gasteiger partial charge is 0.467 e. The Kier molecular flexibility index (Phi) is 4.13. The number of carbonyl (C=O) groups excluding carboxylic acids is 2. The third kappa shape index (κ3) is 2.79. The first-order valence-corrected chi connectivity index (χ1v) is 8.01. The van der Waals surface area contributed by atoms with Crippen LogP contribution >= 0.6 is 0 Å². The van der Waals surface area contributed by atoms with Crippen LogP contribution in [0.2, 0.25) is 0 Å². The zero-order valence-corrected chi connectivity index (χ0v) is 14.1. The molecule has 1 aromatic heterocycles. The second-order valence-corrected chi connectivity index (χ2v) is 6.45. The molecule has 1 amide bonds. The molecule has 6 nitrogen and oxygen atoms in total. The third-order valence-corrected chi connectivity index (χ3v) is 4.27. The summed E-state index contributed by atoms with van der Waals surface area (Å²) in [6.45, 7) is 3.23. The number of carbonyl (C=O) groups is 2. The number of methoxy groups -OCH3 is 1. The topological polar surface area (TPSA) is 73.2 Å². The van der Waals surface area contributed by atoms with Crippen LogP contribution < -0.4 is 5.32 Å². The van der Waals surface area contributed by atoms with Crippen molar-refractivity contribution in [2.45, 2.75) is 38.6 Å². The van der Waals surface area contributed by atoms with Gasteiger partial charge in [-0.3, -0.25) is 4.79 Å². The van der Waals surface area contributed by atoms with Gasteiger partial charge in [0.25, 0.3) is 5.91 Å². The monoisotopic (exact) mass is 327 g/mol. The first-order valence-electron chi connectivity index (χ1n) is 8.01. The number of hydrogen-bond acceptors (Lipinski definition) is 4. The van der Waals surface area contributed by atoms with Crippen LogP contribution in [0.15, 0.2) is 30.3 Å². The Balaban J connectivity index is 1.95. The van der Waals surface area contributed by atoms with Crippen LogP contribution in [0.1, 0.15) is 42.0 Å². The van der Waals surface area contributed by atoms with Crippen LogP contribution in [-0.2, 0) is 22.4 Å². The van der Waals surface area contributed by atoms with Gasteiger partial charge in [-0.15, -0.1) is 0 Å². The Labute approximate surface area is 140 Å². The van der Waals surface area contributed by atoms with Gasteiger partial charge in [-0.1, -0.05) is 18.2 Å². The number of esters is 1. The number of nitrogens with zero attached hydrogens (tertiary/aromatic N) is 2. The molecule has 24 heavy (non-hydrogen) atoms. The summed E-state index contributed by atoms with van der Waals surface area (Å²) in [6.07, 6.45) is 2.72. The van der Waals surface area contributed by atoms with E-state index in [0.29, 0.717) is 5.69 Å². The Bertz CT molecular complexity index is 778. The highest BCUT2D eigenvalue weighted by molar-refractivity contribution is 5.98. The lowest BCUT2D eigenvalue weighted by molar-refractivity contribution is -0.146. The number of ether oxygens (including phenoxy) is 1. The summed E-state index contributed by atoms with van der Waals surface area (Å²) >= 11 is 0. The van der Waals surface area contributed by atoms with Crippen LogP contribution in [0.3, 0.4) is 0 Å². The van der Waals surface area contributed by atoms with Gasteiger partial charge in [0, 0.05) is 11.3 Å². The van der Waals surface area contributed by atoms with Gasteiger partial charge in [0.05, 0.1) is 12.8 Å². The maximum Gasteiger partial charge on any atom is 0.330 e. The second kappa shape index (κ2) is 6.11. The van der Waals surface area contributed by atoms with Crippen LogP contribution in [0.5, 0.6) is 0 Å². The van der Waals surface area contributed by atoms with Gasteiger partial charge in [0.1, 0.15) is 5.54 Å². The molecule has 0 unspecified atom stereocenters. The molecule has 6 heteroatoms. The molecule has 0 fully saturated rings. The lowest BCUT2D eigenvalue weighted by Crippen LogP contribution is -2.50. The summed E-state index contributed by atoms with van der Waals surface area (Å²) in [4.78, 5) is 24.5. The molecule has 0 spiro atoms. The van der Waals surface area contributed by atoms with Crippen molar-refractivity contribution >= 4 is 11.9 Å². The first-order chi connectivity index (χ1) is 11.4. The predicted octanol–water partition coefficient (Wildman–Crippen LogP) is 2.04. The average molecular weight is 327 g/mol. The van der Waals surface area contributed by atoms with Crippen molar-refractivity contribution in [3.63, 3.8) is 0 Å². The fourth-order valence-electron chi connectivity index (χ4n) is 3.05. The molecule has 0 aliphatic heterocycles. The molecule has 0 bridgehead atoms. The van der Waals surface area contributed by atoms with E-state index in [1.54, 1.807) is 13.8 Å². The molecule has 0 saturated heterocycles. The number of para-hydroxylation sites is 1. The molecule has 0 atom stereocenters. The van der Waals surface area contributed by atoms with Crippen molar-refractivity contribution in [1.82, 2.24) is 15.1 Å². The van der Waals surface area contributed by atoms with Crippen LogP contribution in [-0.4, -0.2) is 34.3 Å². The standard InChI is InChI=1S/C18H21N3O3/c1-18(2,17(23)24-3)19-16(22)15-13-10-7-11-14(13)21(20-15)12-8-5-4-6-9-12/h4-6,8-9H,7,10-11H2,1-3H3,(H,19,22). The van der Waals surface area contributed by atoms with Crippen molar-refractivity contribution in [1.29, 1.82) is 0 Å². The molecule has 1 heterocycles. The molecule has 2 aromatic rings.